The number of aromatic nitrogens is 2. The fourth-order valence-corrected chi connectivity index (χ4v) is 4.13. The molecule has 8 heteroatoms. The Kier molecular flexibility index (Phi) is 8.13. The number of carbonyl (C=O) groups excluding carboxylic acids is 1. The smallest absolute Gasteiger partial charge is 0.224 e. The summed E-state index contributed by atoms with van der Waals surface area (Å²) in [5.74, 6) is 0.370. The maximum atomic E-state index is 13.7. The highest BCUT2D eigenvalue weighted by Crippen LogP contribution is 2.33. The van der Waals surface area contributed by atoms with Crippen molar-refractivity contribution in [3.63, 3.8) is 0 Å². The lowest BCUT2D eigenvalue weighted by atomic mass is 9.85. The van der Waals surface area contributed by atoms with Crippen LogP contribution in [0.15, 0.2) is 40.6 Å². The van der Waals surface area contributed by atoms with Crippen LogP contribution in [0, 0.1) is 17.7 Å². The van der Waals surface area contributed by atoms with Crippen LogP contribution in [-0.4, -0.2) is 28.5 Å². The molecule has 1 saturated heterocycles. The molecular weight excluding hydrogens is 387 g/mol. The van der Waals surface area contributed by atoms with Crippen LogP contribution in [0.5, 0.6) is 0 Å². The molecule has 0 spiro atoms. The third-order valence-corrected chi connectivity index (χ3v) is 5.99. The topological polar surface area (TPSA) is 59.0 Å². The summed E-state index contributed by atoms with van der Waals surface area (Å²) >= 11 is 1.41. The van der Waals surface area contributed by atoms with Crippen molar-refractivity contribution in [1.29, 1.82) is 0 Å². The number of nitrogens with one attached hydrogen (secondary N) is 2. The molecule has 0 saturated carbocycles. The molecule has 1 amide bonds. The second-order valence-corrected chi connectivity index (χ2v) is 7.91. The van der Waals surface area contributed by atoms with Crippen molar-refractivity contribution in [2.24, 2.45) is 18.9 Å². The molecule has 1 aromatic heterocycles. The monoisotopic (exact) mass is 412 g/mol. The van der Waals surface area contributed by atoms with Gasteiger partial charge in [0.05, 0.1) is 5.69 Å². The second-order valence-electron chi connectivity index (χ2n) is 6.90. The first-order chi connectivity index (χ1) is 12.5. The van der Waals surface area contributed by atoms with Gasteiger partial charge in [0.25, 0.3) is 0 Å². The van der Waals surface area contributed by atoms with Crippen LogP contribution in [0.2, 0.25) is 0 Å². The van der Waals surface area contributed by atoms with Gasteiger partial charge in [-0.15, -0.1) is 12.4 Å². The lowest BCUT2D eigenvalue weighted by molar-refractivity contribution is -0.117. The Morgan fingerprint density at radius 3 is 3.00 bits per heavy atom. The van der Waals surface area contributed by atoms with Gasteiger partial charge in [0.1, 0.15) is 5.82 Å². The first-order valence-electron chi connectivity index (χ1n) is 8.98. The molecule has 2 heterocycles. The van der Waals surface area contributed by atoms with E-state index in [2.05, 4.69) is 22.5 Å². The Morgan fingerprint density at radius 2 is 2.33 bits per heavy atom. The standard InChI is InChI=1S/C19H25FN4OS.ClH/c1-13(14-4-3-7-21-12-14)10-18(25)23-16-11-15(20)5-6-17(16)26-19-22-8-9-24(19)2;/h5-6,8-9,11,13-14,21H,3-4,7,10,12H2,1-2H3,(H,23,25);1H. The van der Waals surface area contributed by atoms with Crippen LogP contribution in [0.25, 0.3) is 0 Å². The Bertz CT molecular complexity index is 764. The summed E-state index contributed by atoms with van der Waals surface area (Å²) < 4.78 is 15.6. The summed E-state index contributed by atoms with van der Waals surface area (Å²) in [4.78, 5) is 17.6. The molecule has 1 aliphatic rings. The van der Waals surface area contributed by atoms with Crippen molar-refractivity contribution >= 4 is 35.8 Å². The summed E-state index contributed by atoms with van der Waals surface area (Å²) in [7, 11) is 1.90. The van der Waals surface area contributed by atoms with Gasteiger partial charge in [0.2, 0.25) is 5.91 Å². The van der Waals surface area contributed by atoms with Crippen LogP contribution in [0.4, 0.5) is 10.1 Å². The largest absolute Gasteiger partial charge is 0.329 e. The van der Waals surface area contributed by atoms with Gasteiger partial charge in [-0.05, 0) is 67.7 Å². The van der Waals surface area contributed by atoms with Crippen LogP contribution >= 0.6 is 24.2 Å². The van der Waals surface area contributed by atoms with Gasteiger partial charge in [-0.3, -0.25) is 4.79 Å². The summed E-state index contributed by atoms with van der Waals surface area (Å²) in [6.45, 7) is 4.15. The zero-order valence-corrected chi connectivity index (χ0v) is 17.2. The Labute approximate surface area is 169 Å². The summed E-state index contributed by atoms with van der Waals surface area (Å²) in [5.41, 5.74) is 0.497. The van der Waals surface area contributed by atoms with Gasteiger partial charge < -0.3 is 15.2 Å². The molecule has 1 aromatic carbocycles. The maximum Gasteiger partial charge on any atom is 0.224 e. The van der Waals surface area contributed by atoms with Crippen molar-refractivity contribution in [1.82, 2.24) is 14.9 Å². The minimum absolute atomic E-state index is 0. The fraction of sp³-hybridized carbons (Fsp3) is 0.474. The molecule has 0 bridgehead atoms. The first kappa shape index (κ1) is 21.7. The summed E-state index contributed by atoms with van der Waals surface area (Å²) in [6.07, 6.45) is 6.32. The number of hydrogen-bond acceptors (Lipinski definition) is 4. The van der Waals surface area contributed by atoms with Crippen LogP contribution < -0.4 is 10.6 Å². The van der Waals surface area contributed by atoms with Crippen LogP contribution in [-0.2, 0) is 11.8 Å². The Balaban J connectivity index is 0.00000261. The normalized spacial score (nSPS) is 17.8. The fourth-order valence-electron chi connectivity index (χ4n) is 3.26. The lowest BCUT2D eigenvalue weighted by Gasteiger charge is -2.28. The number of nitrogens with zero attached hydrogens (tertiary/aromatic N) is 2. The highest BCUT2D eigenvalue weighted by atomic mass is 35.5. The molecule has 27 heavy (non-hydrogen) atoms. The number of amides is 1. The van der Waals surface area contributed by atoms with E-state index < -0.39 is 0 Å². The number of hydrogen-bond donors (Lipinski definition) is 2. The molecule has 2 atom stereocenters. The minimum atomic E-state index is -0.367. The van der Waals surface area contributed by atoms with E-state index in [-0.39, 0.29) is 24.1 Å². The maximum absolute atomic E-state index is 13.7. The van der Waals surface area contributed by atoms with Crippen molar-refractivity contribution < 1.29 is 9.18 Å². The van der Waals surface area contributed by atoms with Gasteiger partial charge in [0.15, 0.2) is 5.16 Å². The Hall–Kier alpha value is -1.57. The predicted octanol–water partition coefficient (Wildman–Crippen LogP) is 4.10. The molecule has 0 aliphatic carbocycles. The third-order valence-electron chi connectivity index (χ3n) is 4.84. The molecule has 1 fully saturated rings. The van der Waals surface area contributed by atoms with Crippen LogP contribution in [0.1, 0.15) is 26.2 Å². The molecule has 5 nitrogen and oxygen atoms in total. The van der Waals surface area contributed by atoms with E-state index in [9.17, 15) is 9.18 Å². The molecule has 1 aliphatic heterocycles. The van der Waals surface area contributed by atoms with Crippen molar-refractivity contribution in [3.8, 4) is 0 Å². The minimum Gasteiger partial charge on any atom is -0.329 e. The predicted molar refractivity (Wildman–Crippen MR) is 109 cm³/mol. The molecule has 3 rings (SSSR count). The van der Waals surface area contributed by atoms with E-state index in [1.165, 1.54) is 23.9 Å². The van der Waals surface area contributed by atoms with E-state index >= 15 is 0 Å². The highest BCUT2D eigenvalue weighted by Gasteiger charge is 2.22. The quantitative estimate of drug-likeness (QED) is 0.750. The van der Waals surface area contributed by atoms with E-state index in [1.54, 1.807) is 12.3 Å². The number of carbonyl (C=O) groups is 1. The van der Waals surface area contributed by atoms with Crippen LogP contribution in [0.3, 0.4) is 0 Å². The zero-order valence-electron chi connectivity index (χ0n) is 15.6. The molecule has 2 N–H and O–H groups in total. The zero-order chi connectivity index (χ0) is 18.5. The molecule has 2 aromatic rings. The highest BCUT2D eigenvalue weighted by molar-refractivity contribution is 7.99. The second kappa shape index (κ2) is 10.1. The number of imidazole rings is 1. The SMILES string of the molecule is CC(CC(=O)Nc1cc(F)ccc1Sc1nccn1C)C1CCCNC1.Cl. The van der Waals surface area contributed by atoms with E-state index in [4.69, 9.17) is 0 Å². The number of rotatable bonds is 6. The molecule has 2 unspecified atom stereocenters. The van der Waals surface area contributed by atoms with Gasteiger partial charge in [0, 0.05) is 30.8 Å². The number of benzene rings is 1. The van der Waals surface area contributed by atoms with Gasteiger partial charge in [-0.1, -0.05) is 6.92 Å². The first-order valence-corrected chi connectivity index (χ1v) is 9.80. The van der Waals surface area contributed by atoms with Gasteiger partial charge >= 0.3 is 0 Å². The van der Waals surface area contributed by atoms with Gasteiger partial charge in [-0.25, -0.2) is 9.37 Å². The lowest BCUT2D eigenvalue weighted by Crippen LogP contribution is -2.34. The average molecular weight is 413 g/mol. The van der Waals surface area contributed by atoms with E-state index in [0.29, 0.717) is 23.9 Å². The number of anilines is 1. The van der Waals surface area contributed by atoms with Crippen molar-refractivity contribution in [2.75, 3.05) is 18.4 Å². The Morgan fingerprint density at radius 1 is 1.52 bits per heavy atom. The molecular formula is C19H26ClFN4OS. The number of halogens is 2. The average Bonchev–Trinajstić information content (AvgIpc) is 3.03. The van der Waals surface area contributed by atoms with Crippen molar-refractivity contribution in [2.45, 2.75) is 36.2 Å². The summed E-state index contributed by atoms with van der Waals surface area (Å²) in [5, 5.41) is 7.07. The molecule has 148 valence electrons. The number of aryl methyl sites for hydroxylation is 1. The number of piperidine rings is 1. The molecule has 0 radical (unpaired) electrons. The van der Waals surface area contributed by atoms with E-state index in [0.717, 1.165) is 36.0 Å². The summed E-state index contributed by atoms with van der Waals surface area (Å²) in [6, 6.07) is 4.45. The van der Waals surface area contributed by atoms with Gasteiger partial charge in [-0.2, -0.15) is 0 Å². The third kappa shape index (κ3) is 5.96. The van der Waals surface area contributed by atoms with E-state index in [1.807, 2.05) is 17.8 Å². The van der Waals surface area contributed by atoms with Crippen molar-refractivity contribution in [3.05, 3.63) is 36.4 Å².